The van der Waals surface area contributed by atoms with Gasteiger partial charge in [-0.05, 0) is 0 Å². The Kier molecular flexibility index (Phi) is 12.3. The molecule has 0 aromatic heterocycles. The topological polar surface area (TPSA) is 20.2 Å². The van der Waals surface area contributed by atoms with Gasteiger partial charge in [0, 0.05) is 0 Å². The van der Waals surface area contributed by atoms with Crippen molar-refractivity contribution < 1.29 is 5.11 Å². The van der Waals surface area contributed by atoms with Crippen LogP contribution in [0.25, 0.3) is 6.08 Å². The fourth-order valence-corrected chi connectivity index (χ4v) is 19.8. The Morgan fingerprint density at radius 3 is 1.84 bits per heavy atom. The summed E-state index contributed by atoms with van der Waals surface area (Å²) >= 11 is -2.45. The van der Waals surface area contributed by atoms with Crippen LogP contribution in [-0.4, -0.2) is 30.1 Å². The first-order chi connectivity index (χ1) is 12.2. The van der Waals surface area contributed by atoms with Crippen molar-refractivity contribution in [2.75, 3.05) is 6.61 Å². The molecule has 0 fully saturated rings. The van der Waals surface area contributed by atoms with Gasteiger partial charge in [-0.1, -0.05) is 0 Å². The van der Waals surface area contributed by atoms with Crippen LogP contribution in [-0.2, 0) is 0 Å². The van der Waals surface area contributed by atoms with Crippen LogP contribution in [0.3, 0.4) is 0 Å². The molecule has 0 atom stereocenters. The zero-order chi connectivity index (χ0) is 18.4. The third kappa shape index (κ3) is 8.13. The molecule has 0 heterocycles. The van der Waals surface area contributed by atoms with Gasteiger partial charge in [-0.15, -0.1) is 0 Å². The van der Waals surface area contributed by atoms with Crippen molar-refractivity contribution in [2.24, 2.45) is 0 Å². The molecule has 0 aliphatic rings. The zero-order valence-corrected chi connectivity index (χ0v) is 19.5. The summed E-state index contributed by atoms with van der Waals surface area (Å²) in [4.78, 5) is 0. The third-order valence-corrected chi connectivity index (χ3v) is 21.0. The Morgan fingerprint density at radius 2 is 1.40 bits per heavy atom. The molecule has 0 unspecified atom stereocenters. The molecule has 25 heavy (non-hydrogen) atoms. The maximum absolute atomic E-state index is 9.70. The first-order valence-corrected chi connectivity index (χ1v) is 17.7. The SMILES string of the molecule is CCC[CH2][Sn]([CH2]CCC)([CH2]CCC)[C](/C=C\c1ccccc1)=C/CO. The standard InChI is InChI=1S/C11H11O.3C4H9.Sn/c12-10-6-2-5-9-11-7-3-1-4-8-11;3*1-3-4-2;/h1,3-9,12H,10H2;3*1,3-4H2,2H3;/b6-2?,9-5-;;;;. The van der Waals surface area contributed by atoms with Crippen molar-refractivity contribution in [1.29, 1.82) is 0 Å². The summed E-state index contributed by atoms with van der Waals surface area (Å²) in [5.41, 5.74) is 1.26. The molecule has 0 spiro atoms. The monoisotopic (exact) mass is 450 g/mol. The number of hydrogen-bond donors (Lipinski definition) is 1. The van der Waals surface area contributed by atoms with E-state index in [1.165, 1.54) is 57.4 Å². The van der Waals surface area contributed by atoms with Gasteiger partial charge in [-0.25, -0.2) is 0 Å². The molecule has 0 saturated carbocycles. The van der Waals surface area contributed by atoms with Gasteiger partial charge >= 0.3 is 160 Å². The Morgan fingerprint density at radius 1 is 0.880 bits per heavy atom. The first-order valence-electron chi connectivity index (χ1n) is 10.3. The minimum absolute atomic E-state index is 0.178. The molecular formula is C23H38OSn. The second-order valence-corrected chi connectivity index (χ2v) is 20.4. The van der Waals surface area contributed by atoms with E-state index < -0.39 is 18.4 Å². The summed E-state index contributed by atoms with van der Waals surface area (Å²) in [6.45, 7) is 7.11. The fourth-order valence-electron chi connectivity index (χ4n) is 3.66. The van der Waals surface area contributed by atoms with Crippen molar-refractivity contribution in [3.8, 4) is 0 Å². The Bertz CT molecular complexity index is 482. The van der Waals surface area contributed by atoms with Gasteiger partial charge in [0.05, 0.1) is 0 Å². The van der Waals surface area contributed by atoms with Crippen LogP contribution >= 0.6 is 0 Å². The number of aliphatic hydroxyl groups is 1. The van der Waals surface area contributed by atoms with E-state index in [4.69, 9.17) is 0 Å². The average molecular weight is 449 g/mol. The number of hydrogen-bond acceptors (Lipinski definition) is 1. The van der Waals surface area contributed by atoms with Gasteiger partial charge in [0.1, 0.15) is 0 Å². The molecular weight excluding hydrogens is 411 g/mol. The quantitative estimate of drug-likeness (QED) is 0.254. The van der Waals surface area contributed by atoms with Crippen molar-refractivity contribution >= 4 is 24.5 Å². The van der Waals surface area contributed by atoms with Gasteiger partial charge in [-0.2, -0.15) is 0 Å². The molecule has 1 aromatic carbocycles. The van der Waals surface area contributed by atoms with Crippen LogP contribution < -0.4 is 0 Å². The molecule has 0 aliphatic heterocycles. The molecule has 0 radical (unpaired) electrons. The van der Waals surface area contributed by atoms with Crippen molar-refractivity contribution in [2.45, 2.75) is 72.6 Å². The zero-order valence-electron chi connectivity index (χ0n) is 16.6. The van der Waals surface area contributed by atoms with Crippen molar-refractivity contribution in [3.05, 3.63) is 51.6 Å². The van der Waals surface area contributed by atoms with Gasteiger partial charge in [0.15, 0.2) is 0 Å². The van der Waals surface area contributed by atoms with Gasteiger partial charge < -0.3 is 0 Å². The second-order valence-electron chi connectivity index (χ2n) is 7.18. The van der Waals surface area contributed by atoms with E-state index in [1.54, 1.807) is 3.59 Å². The third-order valence-electron chi connectivity index (χ3n) is 5.21. The van der Waals surface area contributed by atoms with E-state index >= 15 is 0 Å². The Hall–Kier alpha value is -0.541. The first kappa shape index (κ1) is 22.5. The molecule has 2 heteroatoms. The average Bonchev–Trinajstić information content (AvgIpc) is 2.66. The molecule has 0 saturated heterocycles. The Labute approximate surface area is 160 Å². The van der Waals surface area contributed by atoms with Crippen molar-refractivity contribution in [1.82, 2.24) is 0 Å². The second kappa shape index (κ2) is 13.6. The van der Waals surface area contributed by atoms with Crippen LogP contribution in [0.5, 0.6) is 0 Å². The number of aliphatic hydroxyl groups excluding tert-OH is 1. The molecule has 0 aliphatic carbocycles. The molecule has 1 N–H and O–H groups in total. The van der Waals surface area contributed by atoms with E-state index in [0.29, 0.717) is 0 Å². The van der Waals surface area contributed by atoms with Gasteiger partial charge in [0.2, 0.25) is 0 Å². The molecule has 1 aromatic rings. The van der Waals surface area contributed by atoms with Crippen LogP contribution in [0.1, 0.15) is 64.9 Å². The predicted molar refractivity (Wildman–Crippen MR) is 116 cm³/mol. The normalized spacial score (nSPS) is 12.9. The van der Waals surface area contributed by atoms with Crippen LogP contribution in [0, 0.1) is 0 Å². The molecule has 140 valence electrons. The number of allylic oxidation sites excluding steroid dienone is 2. The summed E-state index contributed by atoms with van der Waals surface area (Å²) in [7, 11) is 0. The van der Waals surface area contributed by atoms with E-state index in [-0.39, 0.29) is 6.61 Å². The van der Waals surface area contributed by atoms with Crippen molar-refractivity contribution in [3.63, 3.8) is 0 Å². The molecule has 1 rings (SSSR count). The van der Waals surface area contributed by atoms with Crippen LogP contribution in [0.4, 0.5) is 0 Å². The van der Waals surface area contributed by atoms with E-state index in [9.17, 15) is 5.11 Å². The summed E-state index contributed by atoms with van der Waals surface area (Å²) in [5, 5.41) is 9.70. The molecule has 1 nitrogen and oxygen atoms in total. The molecule has 0 bridgehead atoms. The summed E-state index contributed by atoms with van der Waals surface area (Å²) in [6.07, 6.45) is 14.7. The van der Waals surface area contributed by atoms with E-state index in [0.717, 1.165) is 0 Å². The maximum atomic E-state index is 9.70. The van der Waals surface area contributed by atoms with Gasteiger partial charge in [0.25, 0.3) is 0 Å². The van der Waals surface area contributed by atoms with Crippen LogP contribution in [0.2, 0.25) is 13.3 Å². The number of benzene rings is 1. The number of unbranched alkanes of at least 4 members (excludes halogenated alkanes) is 3. The summed E-state index contributed by atoms with van der Waals surface area (Å²) in [5.74, 6) is 0. The van der Waals surface area contributed by atoms with Gasteiger partial charge in [-0.3, -0.25) is 0 Å². The number of rotatable bonds is 13. The van der Waals surface area contributed by atoms with E-state index in [1.807, 2.05) is 0 Å². The summed E-state index contributed by atoms with van der Waals surface area (Å²) in [6, 6.07) is 10.6. The van der Waals surface area contributed by atoms with Crippen LogP contribution in [0.15, 0.2) is 46.1 Å². The minimum atomic E-state index is -2.45. The summed E-state index contributed by atoms with van der Waals surface area (Å²) < 4.78 is 5.87. The van der Waals surface area contributed by atoms with E-state index in [2.05, 4.69) is 69.3 Å². The fraction of sp³-hybridized carbons (Fsp3) is 0.565. The molecule has 0 amide bonds. The Balaban J connectivity index is 3.16. The predicted octanol–water partition coefficient (Wildman–Crippen LogP) is 7.01.